The van der Waals surface area contributed by atoms with E-state index in [1.54, 1.807) is 0 Å². The zero-order valence-electron chi connectivity index (χ0n) is 14.4. The fourth-order valence-electron chi connectivity index (χ4n) is 3.62. The van der Waals surface area contributed by atoms with Gasteiger partial charge in [0.15, 0.2) is 0 Å². The summed E-state index contributed by atoms with van der Waals surface area (Å²) < 4.78 is 2.26. The molecule has 126 valence electrons. The van der Waals surface area contributed by atoms with Gasteiger partial charge in [0.2, 0.25) is 5.91 Å². The number of hydrogen-bond acceptors (Lipinski definition) is 1. The summed E-state index contributed by atoms with van der Waals surface area (Å²) in [5.74, 6) is 0.185. The van der Waals surface area contributed by atoms with E-state index in [2.05, 4.69) is 66.2 Å². The van der Waals surface area contributed by atoms with Crippen molar-refractivity contribution in [2.45, 2.75) is 25.9 Å². The van der Waals surface area contributed by atoms with Crippen LogP contribution in [0.15, 0.2) is 72.9 Å². The van der Waals surface area contributed by atoms with Crippen LogP contribution in [-0.2, 0) is 17.8 Å². The van der Waals surface area contributed by atoms with Gasteiger partial charge in [-0.25, -0.2) is 0 Å². The Balaban J connectivity index is 1.65. The minimum Gasteiger partial charge on any atom is -0.348 e. The Morgan fingerprint density at radius 3 is 2.48 bits per heavy atom. The lowest BCUT2D eigenvalue weighted by Gasteiger charge is -2.37. The van der Waals surface area contributed by atoms with Crippen LogP contribution in [0.5, 0.6) is 0 Å². The van der Waals surface area contributed by atoms with E-state index in [4.69, 9.17) is 0 Å². The number of nitrogens with zero attached hydrogens (tertiary/aromatic N) is 2. The van der Waals surface area contributed by atoms with Gasteiger partial charge in [-0.15, -0.1) is 0 Å². The summed E-state index contributed by atoms with van der Waals surface area (Å²) >= 11 is 0. The van der Waals surface area contributed by atoms with Crippen LogP contribution in [0.3, 0.4) is 0 Å². The third-order valence-corrected chi connectivity index (χ3v) is 4.95. The van der Waals surface area contributed by atoms with E-state index >= 15 is 0 Å². The molecule has 0 spiro atoms. The van der Waals surface area contributed by atoms with Gasteiger partial charge in [-0.3, -0.25) is 4.79 Å². The first-order valence-corrected chi connectivity index (χ1v) is 8.77. The van der Waals surface area contributed by atoms with E-state index in [0.717, 1.165) is 18.7 Å². The van der Waals surface area contributed by atoms with E-state index in [0.29, 0.717) is 6.42 Å². The smallest absolute Gasteiger partial charge is 0.227 e. The Bertz CT molecular complexity index is 865. The number of fused-ring (bicyclic) bond motifs is 1. The molecule has 1 unspecified atom stereocenters. The number of aryl methyl sites for hydroxylation is 1. The van der Waals surface area contributed by atoms with E-state index in [9.17, 15) is 4.79 Å². The third kappa shape index (κ3) is 3.10. The van der Waals surface area contributed by atoms with Crippen molar-refractivity contribution in [3.63, 3.8) is 0 Å². The van der Waals surface area contributed by atoms with Crippen LogP contribution in [0.25, 0.3) is 0 Å². The van der Waals surface area contributed by atoms with Gasteiger partial charge in [-0.1, -0.05) is 60.2 Å². The summed E-state index contributed by atoms with van der Waals surface area (Å²) in [6, 6.07) is 22.7. The molecule has 1 atom stereocenters. The van der Waals surface area contributed by atoms with Crippen LogP contribution >= 0.6 is 0 Å². The molecule has 3 heteroatoms. The summed E-state index contributed by atoms with van der Waals surface area (Å²) in [6.07, 6.45) is 2.55. The average molecular weight is 330 g/mol. The molecule has 1 aliphatic rings. The molecule has 4 rings (SSSR count). The Labute approximate surface area is 148 Å². The Morgan fingerprint density at radius 1 is 0.960 bits per heavy atom. The quantitative estimate of drug-likeness (QED) is 0.713. The molecular weight excluding hydrogens is 308 g/mol. The summed E-state index contributed by atoms with van der Waals surface area (Å²) in [6.45, 7) is 3.66. The summed E-state index contributed by atoms with van der Waals surface area (Å²) in [5, 5.41) is 0. The normalized spacial score (nSPS) is 16.5. The molecule has 3 aromatic rings. The molecule has 0 saturated carbocycles. The maximum atomic E-state index is 13.1. The summed E-state index contributed by atoms with van der Waals surface area (Å²) in [4.78, 5) is 15.1. The second-order valence-electron chi connectivity index (χ2n) is 6.69. The highest BCUT2D eigenvalue weighted by atomic mass is 16.2. The van der Waals surface area contributed by atoms with Crippen molar-refractivity contribution in [3.8, 4) is 0 Å². The molecule has 1 aromatic heterocycles. The van der Waals surface area contributed by atoms with Gasteiger partial charge in [0.1, 0.15) is 0 Å². The molecule has 25 heavy (non-hydrogen) atoms. The van der Waals surface area contributed by atoms with Gasteiger partial charge in [-0.05, 0) is 30.2 Å². The fraction of sp³-hybridized carbons (Fsp3) is 0.227. The van der Waals surface area contributed by atoms with Gasteiger partial charge in [0, 0.05) is 25.0 Å². The second-order valence-corrected chi connectivity index (χ2v) is 6.69. The second kappa shape index (κ2) is 6.60. The van der Waals surface area contributed by atoms with Crippen molar-refractivity contribution in [3.05, 3.63) is 95.3 Å². The maximum Gasteiger partial charge on any atom is 0.227 e. The number of hydrogen-bond donors (Lipinski definition) is 0. The van der Waals surface area contributed by atoms with Crippen molar-refractivity contribution in [2.75, 3.05) is 6.54 Å². The predicted molar refractivity (Wildman–Crippen MR) is 99.3 cm³/mol. The lowest BCUT2D eigenvalue weighted by Crippen LogP contribution is -2.43. The molecule has 0 aliphatic carbocycles. The van der Waals surface area contributed by atoms with Crippen molar-refractivity contribution in [2.24, 2.45) is 0 Å². The van der Waals surface area contributed by atoms with Crippen molar-refractivity contribution >= 4 is 5.91 Å². The fourth-order valence-corrected chi connectivity index (χ4v) is 3.62. The first-order valence-electron chi connectivity index (χ1n) is 8.77. The number of carbonyl (C=O) groups excluding carboxylic acids is 1. The zero-order chi connectivity index (χ0) is 17.2. The molecule has 0 fully saturated rings. The Hall–Kier alpha value is -2.81. The maximum absolute atomic E-state index is 13.1. The third-order valence-electron chi connectivity index (χ3n) is 4.95. The van der Waals surface area contributed by atoms with Crippen LogP contribution in [0, 0.1) is 6.92 Å². The average Bonchev–Trinajstić information content (AvgIpc) is 3.12. The molecule has 2 aromatic carbocycles. The number of benzene rings is 2. The first-order chi connectivity index (χ1) is 12.2. The van der Waals surface area contributed by atoms with Crippen molar-refractivity contribution in [1.29, 1.82) is 0 Å². The molecule has 0 bridgehead atoms. The van der Waals surface area contributed by atoms with E-state index in [1.165, 1.54) is 16.8 Å². The Kier molecular flexibility index (Phi) is 4.14. The molecule has 0 saturated heterocycles. The van der Waals surface area contributed by atoms with Gasteiger partial charge < -0.3 is 9.47 Å². The van der Waals surface area contributed by atoms with E-state index in [-0.39, 0.29) is 11.9 Å². The number of carbonyl (C=O) groups is 1. The van der Waals surface area contributed by atoms with Crippen LogP contribution in [-0.4, -0.2) is 21.9 Å². The van der Waals surface area contributed by atoms with Crippen LogP contribution in [0.4, 0.5) is 0 Å². The lowest BCUT2D eigenvalue weighted by molar-refractivity contribution is -0.133. The molecule has 0 radical (unpaired) electrons. The van der Waals surface area contributed by atoms with Crippen LogP contribution in [0.2, 0.25) is 0 Å². The largest absolute Gasteiger partial charge is 0.348 e. The van der Waals surface area contributed by atoms with Crippen LogP contribution in [0.1, 0.15) is 28.4 Å². The SMILES string of the molecule is Cc1ccc(CC(=O)N2CCn3cccc3C2c2ccccc2)cc1. The predicted octanol–water partition coefficient (Wildman–Crippen LogP) is 3.97. The first kappa shape index (κ1) is 15.7. The number of amides is 1. The monoisotopic (exact) mass is 330 g/mol. The number of rotatable bonds is 3. The van der Waals surface area contributed by atoms with Crippen LogP contribution < -0.4 is 0 Å². The Morgan fingerprint density at radius 2 is 1.72 bits per heavy atom. The minimum absolute atomic E-state index is 0.0112. The highest BCUT2D eigenvalue weighted by molar-refractivity contribution is 5.80. The molecule has 0 N–H and O–H groups in total. The molecule has 2 heterocycles. The zero-order valence-corrected chi connectivity index (χ0v) is 14.4. The standard InChI is InChI=1S/C22H22N2O/c1-17-9-11-18(12-10-17)16-21(25)24-15-14-23-13-5-8-20(23)22(24)19-6-3-2-4-7-19/h2-13,22H,14-16H2,1H3. The van der Waals surface area contributed by atoms with Gasteiger partial charge >= 0.3 is 0 Å². The number of aromatic nitrogens is 1. The highest BCUT2D eigenvalue weighted by Gasteiger charge is 2.31. The van der Waals surface area contributed by atoms with E-state index in [1.807, 2.05) is 23.1 Å². The van der Waals surface area contributed by atoms with E-state index < -0.39 is 0 Å². The summed E-state index contributed by atoms with van der Waals surface area (Å²) in [5.41, 5.74) is 4.65. The topological polar surface area (TPSA) is 25.2 Å². The van der Waals surface area contributed by atoms with Crippen molar-refractivity contribution < 1.29 is 4.79 Å². The van der Waals surface area contributed by atoms with Gasteiger partial charge in [0.05, 0.1) is 12.5 Å². The lowest BCUT2D eigenvalue weighted by atomic mass is 9.99. The van der Waals surface area contributed by atoms with Crippen molar-refractivity contribution in [1.82, 2.24) is 9.47 Å². The van der Waals surface area contributed by atoms with Gasteiger partial charge in [0.25, 0.3) is 0 Å². The minimum atomic E-state index is -0.0112. The van der Waals surface area contributed by atoms with Gasteiger partial charge in [-0.2, -0.15) is 0 Å². The molecule has 1 aliphatic heterocycles. The highest BCUT2D eigenvalue weighted by Crippen LogP contribution is 2.32. The molecular formula is C22H22N2O. The molecule has 3 nitrogen and oxygen atoms in total. The molecule has 1 amide bonds. The summed E-state index contributed by atoms with van der Waals surface area (Å²) in [7, 11) is 0.